The van der Waals surface area contributed by atoms with Gasteiger partial charge in [0.1, 0.15) is 17.8 Å². The van der Waals surface area contributed by atoms with Crippen LogP contribution in [0.3, 0.4) is 0 Å². The van der Waals surface area contributed by atoms with Gasteiger partial charge in [0.2, 0.25) is 11.8 Å². The van der Waals surface area contributed by atoms with Gasteiger partial charge in [-0.25, -0.2) is 9.37 Å². The maximum absolute atomic E-state index is 13.6. The summed E-state index contributed by atoms with van der Waals surface area (Å²) >= 11 is 0. The predicted octanol–water partition coefficient (Wildman–Crippen LogP) is 5.45. The zero-order valence-electron chi connectivity index (χ0n) is 20.5. The first-order chi connectivity index (χ1) is 17.9. The van der Waals surface area contributed by atoms with Crippen molar-refractivity contribution in [3.8, 4) is 5.75 Å². The van der Waals surface area contributed by atoms with E-state index in [1.165, 1.54) is 25.3 Å². The molecule has 0 aliphatic carbocycles. The highest BCUT2D eigenvalue weighted by atomic mass is 19.1. The normalized spacial score (nSPS) is 14.7. The molecule has 8 heteroatoms. The van der Waals surface area contributed by atoms with Crippen LogP contribution in [0.1, 0.15) is 51.6 Å². The number of carbonyl (C=O) groups excluding carboxylic acids is 2. The largest absolute Gasteiger partial charge is 0.484 e. The molecule has 1 N–H and O–H groups in total. The zero-order valence-corrected chi connectivity index (χ0v) is 20.5. The number of oxazole rings is 1. The van der Waals surface area contributed by atoms with Crippen molar-refractivity contribution in [3.05, 3.63) is 113 Å². The third-order valence-electron chi connectivity index (χ3n) is 6.36. The summed E-state index contributed by atoms with van der Waals surface area (Å²) in [6.45, 7) is 4.08. The fourth-order valence-corrected chi connectivity index (χ4v) is 4.57. The van der Waals surface area contributed by atoms with Gasteiger partial charge in [-0.15, -0.1) is 0 Å². The average Bonchev–Trinajstić information content (AvgIpc) is 3.36. The fraction of sp³-hybridized carbons (Fsp3) is 0.207. The van der Waals surface area contributed by atoms with E-state index in [0.717, 1.165) is 22.3 Å². The molecule has 7 nitrogen and oxygen atoms in total. The summed E-state index contributed by atoms with van der Waals surface area (Å²) in [5.74, 6) is 0.0697. The summed E-state index contributed by atoms with van der Waals surface area (Å²) in [6.07, 6.45) is 2.01. The molecule has 1 aliphatic rings. The van der Waals surface area contributed by atoms with Crippen molar-refractivity contribution in [2.24, 2.45) is 0 Å². The summed E-state index contributed by atoms with van der Waals surface area (Å²) in [4.78, 5) is 31.0. The van der Waals surface area contributed by atoms with E-state index in [9.17, 15) is 14.0 Å². The van der Waals surface area contributed by atoms with E-state index in [0.29, 0.717) is 24.4 Å². The minimum atomic E-state index is -0.374. The highest BCUT2D eigenvalue weighted by molar-refractivity contribution is 6.02. The summed E-state index contributed by atoms with van der Waals surface area (Å²) in [5.41, 5.74) is 4.72. The number of hydrogen-bond acceptors (Lipinski definition) is 5. The Balaban J connectivity index is 1.32. The quantitative estimate of drug-likeness (QED) is 0.382. The summed E-state index contributed by atoms with van der Waals surface area (Å²) in [6, 6.07) is 19.1. The van der Waals surface area contributed by atoms with Crippen molar-refractivity contribution in [2.75, 3.05) is 11.9 Å². The van der Waals surface area contributed by atoms with Crippen molar-refractivity contribution >= 4 is 17.5 Å². The number of ether oxygens (including phenoxy) is 1. The number of aryl methyl sites for hydroxylation is 1. The lowest BCUT2D eigenvalue weighted by Gasteiger charge is -2.37. The predicted molar refractivity (Wildman–Crippen MR) is 136 cm³/mol. The smallest absolute Gasteiger partial charge is 0.277 e. The number of nitrogens with zero attached hydrogens (tertiary/aromatic N) is 2. The highest BCUT2D eigenvalue weighted by Crippen LogP contribution is 2.37. The second-order valence-corrected chi connectivity index (χ2v) is 9.02. The molecule has 2 amide bonds. The Morgan fingerprint density at radius 2 is 1.95 bits per heavy atom. The molecule has 188 valence electrons. The lowest BCUT2D eigenvalue weighted by Crippen LogP contribution is -2.39. The maximum atomic E-state index is 13.6. The highest BCUT2D eigenvalue weighted by Gasteiger charge is 2.31. The number of nitrogens with one attached hydrogen (secondary N) is 1. The number of benzene rings is 3. The third-order valence-corrected chi connectivity index (χ3v) is 6.36. The van der Waals surface area contributed by atoms with Gasteiger partial charge in [-0.1, -0.05) is 30.3 Å². The maximum Gasteiger partial charge on any atom is 0.277 e. The number of amides is 2. The van der Waals surface area contributed by atoms with E-state index in [1.54, 1.807) is 23.1 Å². The number of hydrogen-bond donors (Lipinski definition) is 1. The Labute approximate surface area is 213 Å². The van der Waals surface area contributed by atoms with Crippen LogP contribution in [0, 0.1) is 12.7 Å². The van der Waals surface area contributed by atoms with Gasteiger partial charge in [-0.3, -0.25) is 9.59 Å². The van der Waals surface area contributed by atoms with Crippen LogP contribution < -0.4 is 10.1 Å². The molecule has 5 rings (SSSR count). The molecule has 1 aliphatic heterocycles. The number of carbonyl (C=O) groups is 2. The molecule has 0 fully saturated rings. The summed E-state index contributed by atoms with van der Waals surface area (Å²) in [5, 5.41) is 2.80. The van der Waals surface area contributed by atoms with Crippen molar-refractivity contribution in [3.63, 3.8) is 0 Å². The number of halogens is 1. The van der Waals surface area contributed by atoms with Crippen LogP contribution in [0.15, 0.2) is 77.4 Å². The van der Waals surface area contributed by atoms with E-state index in [1.807, 2.05) is 43.3 Å². The molecular weight excluding hydrogens is 473 g/mol. The van der Waals surface area contributed by atoms with Crippen LogP contribution in [-0.2, 0) is 17.8 Å². The van der Waals surface area contributed by atoms with Gasteiger partial charge in [-0.05, 0) is 72.0 Å². The molecule has 1 unspecified atom stereocenters. The Morgan fingerprint density at radius 3 is 2.70 bits per heavy atom. The van der Waals surface area contributed by atoms with Crippen molar-refractivity contribution < 1.29 is 23.1 Å². The first kappa shape index (κ1) is 24.2. The SMILES string of the molecule is CC(=O)N1CCc2ccc(OCc3nc(C(=O)Nc4cccc(C)c4)co3)cc2C1c1ccc(F)cc1. The van der Waals surface area contributed by atoms with Gasteiger partial charge in [0.25, 0.3) is 5.91 Å². The number of anilines is 1. The Bertz CT molecular complexity index is 1450. The summed E-state index contributed by atoms with van der Waals surface area (Å²) in [7, 11) is 0. The topological polar surface area (TPSA) is 84.7 Å². The Morgan fingerprint density at radius 1 is 1.14 bits per heavy atom. The van der Waals surface area contributed by atoms with Crippen LogP contribution in [0.4, 0.5) is 10.1 Å². The van der Waals surface area contributed by atoms with Crippen LogP contribution in [0.5, 0.6) is 5.75 Å². The average molecular weight is 500 g/mol. The second kappa shape index (κ2) is 10.3. The van der Waals surface area contributed by atoms with E-state index in [2.05, 4.69) is 10.3 Å². The molecular formula is C29H26FN3O4. The number of fused-ring (bicyclic) bond motifs is 1. The summed E-state index contributed by atoms with van der Waals surface area (Å²) < 4.78 is 24.9. The molecule has 0 bridgehead atoms. The van der Waals surface area contributed by atoms with Crippen LogP contribution in [-0.4, -0.2) is 28.2 Å². The van der Waals surface area contributed by atoms with E-state index in [-0.39, 0.29) is 41.9 Å². The molecule has 37 heavy (non-hydrogen) atoms. The molecule has 4 aromatic rings. The van der Waals surface area contributed by atoms with Crippen molar-refractivity contribution in [1.82, 2.24) is 9.88 Å². The molecule has 3 aromatic carbocycles. The molecule has 0 saturated heterocycles. The lowest BCUT2D eigenvalue weighted by atomic mass is 9.88. The van der Waals surface area contributed by atoms with Crippen molar-refractivity contribution in [1.29, 1.82) is 0 Å². The Hall–Kier alpha value is -4.46. The molecule has 0 radical (unpaired) electrons. The second-order valence-electron chi connectivity index (χ2n) is 9.02. The Kier molecular flexibility index (Phi) is 6.72. The van der Waals surface area contributed by atoms with Gasteiger partial charge < -0.3 is 19.4 Å². The monoisotopic (exact) mass is 499 g/mol. The fourth-order valence-electron chi connectivity index (χ4n) is 4.57. The first-order valence-electron chi connectivity index (χ1n) is 12.0. The third kappa shape index (κ3) is 5.38. The number of rotatable bonds is 6. The zero-order chi connectivity index (χ0) is 25.9. The minimum absolute atomic E-state index is 0.0220. The van der Waals surface area contributed by atoms with Gasteiger partial charge in [-0.2, -0.15) is 0 Å². The first-order valence-corrected chi connectivity index (χ1v) is 12.0. The van der Waals surface area contributed by atoms with Crippen LogP contribution in [0.2, 0.25) is 0 Å². The van der Waals surface area contributed by atoms with E-state index >= 15 is 0 Å². The molecule has 0 spiro atoms. The number of aromatic nitrogens is 1. The van der Waals surface area contributed by atoms with E-state index in [4.69, 9.17) is 9.15 Å². The van der Waals surface area contributed by atoms with Gasteiger partial charge >= 0.3 is 0 Å². The van der Waals surface area contributed by atoms with Crippen LogP contribution >= 0.6 is 0 Å². The van der Waals surface area contributed by atoms with Crippen molar-refractivity contribution in [2.45, 2.75) is 32.9 Å². The molecule has 1 atom stereocenters. The molecule has 0 saturated carbocycles. The van der Waals surface area contributed by atoms with Crippen LogP contribution in [0.25, 0.3) is 0 Å². The molecule has 1 aromatic heterocycles. The van der Waals surface area contributed by atoms with Gasteiger partial charge in [0, 0.05) is 19.2 Å². The van der Waals surface area contributed by atoms with E-state index < -0.39 is 0 Å². The molecule has 2 heterocycles. The standard InChI is InChI=1S/C29H26FN3O4/c1-18-4-3-5-23(14-18)31-29(35)26-16-37-27(32-26)17-36-24-11-8-20-12-13-33(19(2)34)28(25(20)15-24)21-6-9-22(30)10-7-21/h3-11,14-16,28H,12-13,17H2,1-2H3,(H,31,35). The lowest BCUT2D eigenvalue weighted by molar-refractivity contribution is -0.130. The van der Waals surface area contributed by atoms with Gasteiger partial charge in [0.05, 0.1) is 6.04 Å². The van der Waals surface area contributed by atoms with Gasteiger partial charge in [0.15, 0.2) is 12.3 Å². The minimum Gasteiger partial charge on any atom is -0.484 e.